The minimum absolute atomic E-state index is 0. The number of furan rings is 1. The van der Waals surface area contributed by atoms with Crippen molar-refractivity contribution in [3.63, 3.8) is 0 Å². The first-order chi connectivity index (χ1) is 24.8. The summed E-state index contributed by atoms with van der Waals surface area (Å²) in [6.45, 7) is 19.8. The molecule has 0 aliphatic heterocycles. The van der Waals surface area contributed by atoms with Gasteiger partial charge in [-0.25, -0.2) is 0 Å². The molecule has 3 nitrogen and oxygen atoms in total. The summed E-state index contributed by atoms with van der Waals surface area (Å²) in [5, 5.41) is 4.74. The summed E-state index contributed by atoms with van der Waals surface area (Å²) in [6, 6.07) is 42.8. The third kappa shape index (κ3) is 7.91. The molecule has 53 heavy (non-hydrogen) atoms. The Bertz CT molecular complexity index is 2550. The largest absolute Gasteiger partial charge is 0.501 e. The molecule has 5 aromatic carbocycles. The Morgan fingerprint density at radius 3 is 2.00 bits per heavy atom. The Balaban J connectivity index is 0.000000226. The van der Waals surface area contributed by atoms with Gasteiger partial charge in [-0.3, -0.25) is 0 Å². The second kappa shape index (κ2) is 14.9. The molecule has 4 heteroatoms. The Morgan fingerprint density at radius 2 is 1.30 bits per heavy atom. The molecule has 0 amide bonds. The van der Waals surface area contributed by atoms with Crippen LogP contribution in [-0.2, 0) is 30.9 Å². The van der Waals surface area contributed by atoms with Gasteiger partial charge in [-0.2, -0.15) is 0 Å². The molecule has 0 unspecified atom stereocenters. The van der Waals surface area contributed by atoms with Crippen molar-refractivity contribution in [3.05, 3.63) is 155 Å². The van der Waals surface area contributed by atoms with E-state index in [1.807, 2.05) is 42.7 Å². The van der Waals surface area contributed by atoms with Crippen molar-refractivity contribution in [2.24, 2.45) is 0 Å². The summed E-state index contributed by atoms with van der Waals surface area (Å²) in [4.78, 5) is 9.31. The minimum atomic E-state index is 0. The normalized spacial score (nSPS) is 11.7. The maximum absolute atomic E-state index is 6.26. The van der Waals surface area contributed by atoms with Gasteiger partial charge in [0.05, 0.1) is 5.58 Å². The maximum atomic E-state index is 6.26. The van der Waals surface area contributed by atoms with Gasteiger partial charge < -0.3 is 14.4 Å². The number of pyridine rings is 2. The van der Waals surface area contributed by atoms with Crippen LogP contribution in [0.1, 0.15) is 69.4 Å². The topological polar surface area (TPSA) is 38.9 Å². The fraction of sp³-hybridized carbons (Fsp3) is 0.224. The van der Waals surface area contributed by atoms with Crippen LogP contribution in [0.2, 0.25) is 0 Å². The van der Waals surface area contributed by atoms with Gasteiger partial charge in [-0.05, 0) is 92.4 Å². The van der Waals surface area contributed by atoms with Crippen LogP contribution in [0.25, 0.3) is 66.4 Å². The molecular formula is C49H46IrN2O-2. The third-order valence-corrected chi connectivity index (χ3v) is 9.91. The predicted molar refractivity (Wildman–Crippen MR) is 219 cm³/mol. The molecule has 269 valence electrons. The Kier molecular flexibility index (Phi) is 10.6. The number of hydrogen-bond acceptors (Lipinski definition) is 3. The fourth-order valence-electron chi connectivity index (χ4n) is 6.66. The van der Waals surface area contributed by atoms with Crippen LogP contribution >= 0.6 is 0 Å². The molecule has 0 aliphatic rings. The average Bonchev–Trinajstić information content (AvgIpc) is 3.50. The number of hydrogen-bond donors (Lipinski definition) is 0. The number of para-hydroxylation sites is 1. The van der Waals surface area contributed by atoms with Gasteiger partial charge in [-0.1, -0.05) is 120 Å². The number of nitrogens with zero attached hydrogens (tertiary/aromatic N) is 2. The SMILES string of the molecule is Cc1c[c-]c(-c2ccc(C(C)(C)C)cn2)cc1.Cc1cnc(-c2[c-]ccc3c2oc2ccccc23)cc1-c1cc2ccc(C(C)(C)C)cc2cc1C.[Ir]. The van der Waals surface area contributed by atoms with Crippen molar-refractivity contribution in [3.8, 4) is 33.6 Å². The molecular weight excluding hydrogens is 825 g/mol. The molecule has 8 aromatic rings. The molecule has 0 N–H and O–H groups in total. The molecule has 0 saturated heterocycles. The van der Waals surface area contributed by atoms with Crippen molar-refractivity contribution in [1.29, 1.82) is 0 Å². The molecule has 0 atom stereocenters. The standard InChI is InChI=1S/C33H28NO.C16H18N.Ir/c1-20-15-23-16-24(33(3,4)5)14-13-22(23)17-28(20)29-18-30(34-19-21(29)2)27-11-8-10-26-25-9-6-7-12-31(25)35-32(26)27;1-12-5-7-13(8-6-12)15-10-9-14(11-17-15)16(2,3)4;/h6-10,12-19H,1-5H3;5-7,9-11H,1-4H3;/q2*-1;. The summed E-state index contributed by atoms with van der Waals surface area (Å²) in [7, 11) is 0. The van der Waals surface area contributed by atoms with Gasteiger partial charge in [0.25, 0.3) is 0 Å². The molecule has 3 heterocycles. The molecule has 0 bridgehead atoms. The Labute approximate surface area is 327 Å². The number of rotatable bonds is 3. The third-order valence-electron chi connectivity index (χ3n) is 9.91. The molecule has 0 fully saturated rings. The smallest absolute Gasteiger partial charge is 0.120 e. The van der Waals surface area contributed by atoms with Gasteiger partial charge in [0.2, 0.25) is 0 Å². The second-order valence-corrected chi connectivity index (χ2v) is 16.0. The minimum Gasteiger partial charge on any atom is -0.501 e. The van der Waals surface area contributed by atoms with Gasteiger partial charge >= 0.3 is 0 Å². The van der Waals surface area contributed by atoms with E-state index in [1.165, 1.54) is 44.2 Å². The molecule has 0 spiro atoms. The van der Waals surface area contributed by atoms with Crippen LogP contribution in [0, 0.1) is 32.9 Å². The van der Waals surface area contributed by atoms with Gasteiger partial charge in [0.1, 0.15) is 5.58 Å². The quantitative estimate of drug-likeness (QED) is 0.166. The van der Waals surface area contributed by atoms with E-state index in [0.29, 0.717) is 0 Å². The Hall–Kier alpha value is -4.89. The van der Waals surface area contributed by atoms with Crippen LogP contribution in [-0.4, -0.2) is 9.97 Å². The molecule has 3 aromatic heterocycles. The van der Waals surface area contributed by atoms with Crippen LogP contribution < -0.4 is 0 Å². The van der Waals surface area contributed by atoms with Crippen molar-refractivity contribution in [2.45, 2.75) is 73.1 Å². The average molecular weight is 871 g/mol. The van der Waals surface area contributed by atoms with E-state index in [0.717, 1.165) is 50.0 Å². The number of aryl methyl sites for hydroxylation is 3. The van der Waals surface area contributed by atoms with Crippen LogP contribution in [0.15, 0.2) is 120 Å². The van der Waals surface area contributed by atoms with Crippen molar-refractivity contribution >= 4 is 32.7 Å². The summed E-state index contributed by atoms with van der Waals surface area (Å²) in [6.07, 6.45) is 3.93. The molecule has 0 saturated carbocycles. The summed E-state index contributed by atoms with van der Waals surface area (Å²) in [5.74, 6) is 0. The zero-order valence-corrected chi connectivity index (χ0v) is 34.5. The van der Waals surface area contributed by atoms with E-state index in [-0.39, 0.29) is 30.9 Å². The van der Waals surface area contributed by atoms with E-state index in [1.54, 1.807) is 0 Å². The summed E-state index contributed by atoms with van der Waals surface area (Å²) >= 11 is 0. The van der Waals surface area contributed by atoms with Crippen molar-refractivity contribution in [1.82, 2.24) is 9.97 Å². The Morgan fingerprint density at radius 1 is 0.585 bits per heavy atom. The molecule has 0 aliphatic carbocycles. The van der Waals surface area contributed by atoms with Gasteiger partial charge in [-0.15, -0.1) is 53.6 Å². The van der Waals surface area contributed by atoms with Crippen molar-refractivity contribution < 1.29 is 24.5 Å². The first kappa shape index (κ1) is 37.9. The van der Waals surface area contributed by atoms with Crippen LogP contribution in [0.5, 0.6) is 0 Å². The second-order valence-electron chi connectivity index (χ2n) is 16.0. The van der Waals surface area contributed by atoms with E-state index < -0.39 is 0 Å². The molecule has 8 rings (SSSR count). The first-order valence-corrected chi connectivity index (χ1v) is 18.1. The zero-order valence-electron chi connectivity index (χ0n) is 32.1. The van der Waals surface area contributed by atoms with Crippen molar-refractivity contribution in [2.75, 3.05) is 0 Å². The van der Waals surface area contributed by atoms with E-state index >= 15 is 0 Å². The summed E-state index contributed by atoms with van der Waals surface area (Å²) in [5.41, 5.74) is 14.5. The van der Waals surface area contributed by atoms with Crippen LogP contribution in [0.3, 0.4) is 0 Å². The predicted octanol–water partition coefficient (Wildman–Crippen LogP) is 13.3. The maximum Gasteiger partial charge on any atom is 0.120 e. The van der Waals surface area contributed by atoms with Gasteiger partial charge in [0, 0.05) is 37.9 Å². The number of aromatic nitrogens is 2. The number of benzene rings is 5. The first-order valence-electron chi connectivity index (χ1n) is 18.1. The van der Waals surface area contributed by atoms with E-state index in [9.17, 15) is 0 Å². The fourth-order valence-corrected chi connectivity index (χ4v) is 6.66. The summed E-state index contributed by atoms with van der Waals surface area (Å²) < 4.78 is 6.26. The monoisotopic (exact) mass is 871 g/mol. The molecule has 1 radical (unpaired) electrons. The van der Waals surface area contributed by atoms with Crippen LogP contribution in [0.4, 0.5) is 0 Å². The van der Waals surface area contributed by atoms with Gasteiger partial charge in [0.15, 0.2) is 0 Å². The van der Waals surface area contributed by atoms with E-state index in [2.05, 4.69) is 152 Å². The number of fused-ring (bicyclic) bond motifs is 4. The van der Waals surface area contributed by atoms with E-state index in [4.69, 9.17) is 9.40 Å². The zero-order chi connectivity index (χ0) is 36.8.